The van der Waals surface area contributed by atoms with E-state index in [2.05, 4.69) is 40.7 Å². The first-order valence-electron chi connectivity index (χ1n) is 5.64. The molecule has 0 saturated heterocycles. The van der Waals surface area contributed by atoms with Crippen molar-refractivity contribution in [1.82, 2.24) is 0 Å². The second-order valence-electron chi connectivity index (χ2n) is 4.34. The van der Waals surface area contributed by atoms with Crippen LogP contribution in [0, 0.1) is 27.7 Å². The number of hydrogen-bond donors (Lipinski definition) is 0. The number of hydrogen-bond acceptors (Lipinski definition) is 0. The third kappa shape index (κ3) is 2.17. The highest BCUT2D eigenvalue weighted by molar-refractivity contribution is 5.43. The summed E-state index contributed by atoms with van der Waals surface area (Å²) in [5.41, 5.74) is 7.48. The number of unbranched alkanes of at least 4 members (excludes halogenated alkanes) is 1. The van der Waals surface area contributed by atoms with Gasteiger partial charge in [0.25, 0.3) is 0 Å². The lowest BCUT2D eigenvalue weighted by Crippen LogP contribution is -1.99. The van der Waals surface area contributed by atoms with Gasteiger partial charge in [-0.25, -0.2) is 0 Å². The van der Waals surface area contributed by atoms with Crippen LogP contribution in [-0.2, 0) is 6.42 Å². The molecule has 0 aliphatic rings. The number of aryl methyl sites for hydroxylation is 2. The molecule has 0 amide bonds. The highest BCUT2D eigenvalue weighted by atomic mass is 14.1. The first kappa shape index (κ1) is 11.3. The summed E-state index contributed by atoms with van der Waals surface area (Å²) in [5, 5.41) is 0. The van der Waals surface area contributed by atoms with E-state index in [1.54, 1.807) is 5.56 Å². The maximum atomic E-state index is 2.31. The second-order valence-corrected chi connectivity index (χ2v) is 4.34. The van der Waals surface area contributed by atoms with E-state index in [1.807, 2.05) is 0 Å². The van der Waals surface area contributed by atoms with Crippen molar-refractivity contribution in [3.05, 3.63) is 33.9 Å². The molecule has 0 saturated carbocycles. The van der Waals surface area contributed by atoms with Crippen LogP contribution in [0.1, 0.15) is 47.6 Å². The summed E-state index contributed by atoms with van der Waals surface area (Å²) < 4.78 is 0. The summed E-state index contributed by atoms with van der Waals surface area (Å²) in [6, 6.07) is 2.31. The van der Waals surface area contributed by atoms with E-state index >= 15 is 0 Å². The predicted octanol–water partition coefficient (Wildman–Crippen LogP) is 4.26. The SMILES string of the molecule is CCCCc1c(C)c(C)cc(C)c1C. The molecular weight excluding hydrogens is 168 g/mol. The lowest BCUT2D eigenvalue weighted by molar-refractivity contribution is 0.785. The zero-order chi connectivity index (χ0) is 10.7. The fraction of sp³-hybridized carbons (Fsp3) is 0.571. The Morgan fingerprint density at radius 2 is 1.43 bits per heavy atom. The number of benzene rings is 1. The van der Waals surface area contributed by atoms with Gasteiger partial charge in [-0.3, -0.25) is 0 Å². The molecule has 1 aromatic carbocycles. The average Bonchev–Trinajstić information content (AvgIpc) is 2.15. The normalized spacial score (nSPS) is 10.6. The van der Waals surface area contributed by atoms with Crippen molar-refractivity contribution in [2.45, 2.75) is 53.9 Å². The van der Waals surface area contributed by atoms with Crippen LogP contribution in [0.3, 0.4) is 0 Å². The summed E-state index contributed by atoms with van der Waals surface area (Å²) >= 11 is 0. The van der Waals surface area contributed by atoms with Gasteiger partial charge in [0.05, 0.1) is 0 Å². The Morgan fingerprint density at radius 3 is 1.86 bits per heavy atom. The molecule has 0 heterocycles. The predicted molar refractivity (Wildman–Crippen MR) is 64.0 cm³/mol. The van der Waals surface area contributed by atoms with Crippen LogP contribution in [0.25, 0.3) is 0 Å². The molecule has 0 aromatic heterocycles. The minimum absolute atomic E-state index is 1.25. The van der Waals surface area contributed by atoms with Gasteiger partial charge in [0.2, 0.25) is 0 Å². The molecule has 0 N–H and O–H groups in total. The summed E-state index contributed by atoms with van der Waals surface area (Å²) in [6.45, 7) is 11.2. The van der Waals surface area contributed by atoms with E-state index in [9.17, 15) is 0 Å². The van der Waals surface area contributed by atoms with E-state index in [1.165, 1.54) is 41.5 Å². The minimum Gasteiger partial charge on any atom is -0.0654 e. The second kappa shape index (κ2) is 4.63. The maximum Gasteiger partial charge on any atom is -0.0274 e. The molecule has 1 rings (SSSR count). The molecule has 0 bridgehead atoms. The first-order valence-corrected chi connectivity index (χ1v) is 5.64. The molecule has 0 aliphatic heterocycles. The van der Waals surface area contributed by atoms with E-state index in [0.29, 0.717) is 0 Å². The summed E-state index contributed by atoms with van der Waals surface area (Å²) in [7, 11) is 0. The fourth-order valence-corrected chi connectivity index (χ4v) is 2.03. The average molecular weight is 190 g/mol. The molecule has 14 heavy (non-hydrogen) atoms. The van der Waals surface area contributed by atoms with Gasteiger partial charge in [0, 0.05) is 0 Å². The molecule has 78 valence electrons. The monoisotopic (exact) mass is 190 g/mol. The Bertz CT molecular complexity index is 295. The summed E-state index contributed by atoms with van der Waals surface area (Å²) in [6.07, 6.45) is 3.84. The Kier molecular flexibility index (Phi) is 3.74. The molecule has 0 unspecified atom stereocenters. The lowest BCUT2D eigenvalue weighted by atomic mass is 9.91. The van der Waals surface area contributed by atoms with Crippen molar-refractivity contribution < 1.29 is 0 Å². The minimum atomic E-state index is 1.25. The molecular formula is C14H22. The van der Waals surface area contributed by atoms with Gasteiger partial charge >= 0.3 is 0 Å². The Balaban J connectivity index is 3.11. The molecule has 0 spiro atoms. The van der Waals surface area contributed by atoms with Gasteiger partial charge in [-0.2, -0.15) is 0 Å². The van der Waals surface area contributed by atoms with Crippen molar-refractivity contribution >= 4 is 0 Å². The van der Waals surface area contributed by atoms with Crippen molar-refractivity contribution in [3.8, 4) is 0 Å². The first-order chi connectivity index (χ1) is 6.57. The van der Waals surface area contributed by atoms with Crippen LogP contribution in [0.2, 0.25) is 0 Å². The Hall–Kier alpha value is -0.780. The van der Waals surface area contributed by atoms with Crippen LogP contribution >= 0.6 is 0 Å². The standard InChI is InChI=1S/C14H22/c1-6-7-8-14-12(4)10(2)9-11(3)13(14)5/h9H,6-8H2,1-5H3. The molecule has 0 fully saturated rings. The van der Waals surface area contributed by atoms with Gasteiger partial charge in [0.15, 0.2) is 0 Å². The molecule has 1 aromatic rings. The van der Waals surface area contributed by atoms with E-state index in [-0.39, 0.29) is 0 Å². The van der Waals surface area contributed by atoms with Crippen LogP contribution < -0.4 is 0 Å². The molecule has 0 radical (unpaired) electrons. The van der Waals surface area contributed by atoms with Crippen molar-refractivity contribution in [3.63, 3.8) is 0 Å². The van der Waals surface area contributed by atoms with E-state index in [4.69, 9.17) is 0 Å². The highest BCUT2D eigenvalue weighted by Crippen LogP contribution is 2.23. The topological polar surface area (TPSA) is 0 Å². The van der Waals surface area contributed by atoms with Crippen LogP contribution in [0.15, 0.2) is 6.07 Å². The van der Waals surface area contributed by atoms with Gasteiger partial charge in [-0.05, 0) is 68.4 Å². The highest BCUT2D eigenvalue weighted by Gasteiger charge is 2.07. The number of rotatable bonds is 3. The zero-order valence-corrected chi connectivity index (χ0v) is 10.2. The lowest BCUT2D eigenvalue weighted by Gasteiger charge is -2.14. The molecule has 0 atom stereocenters. The van der Waals surface area contributed by atoms with Crippen molar-refractivity contribution in [2.24, 2.45) is 0 Å². The maximum absolute atomic E-state index is 2.31. The van der Waals surface area contributed by atoms with Crippen LogP contribution in [0.5, 0.6) is 0 Å². The van der Waals surface area contributed by atoms with Crippen LogP contribution in [-0.4, -0.2) is 0 Å². The van der Waals surface area contributed by atoms with Crippen molar-refractivity contribution in [1.29, 1.82) is 0 Å². The zero-order valence-electron chi connectivity index (χ0n) is 10.2. The van der Waals surface area contributed by atoms with E-state index in [0.717, 1.165) is 0 Å². The smallest absolute Gasteiger partial charge is 0.0274 e. The van der Waals surface area contributed by atoms with Gasteiger partial charge in [0.1, 0.15) is 0 Å². The molecule has 0 nitrogen and oxygen atoms in total. The van der Waals surface area contributed by atoms with Crippen LogP contribution in [0.4, 0.5) is 0 Å². The quantitative estimate of drug-likeness (QED) is 0.668. The summed E-state index contributed by atoms with van der Waals surface area (Å²) in [4.78, 5) is 0. The van der Waals surface area contributed by atoms with Crippen molar-refractivity contribution in [2.75, 3.05) is 0 Å². The largest absolute Gasteiger partial charge is 0.0654 e. The molecule has 0 aliphatic carbocycles. The van der Waals surface area contributed by atoms with Gasteiger partial charge in [-0.1, -0.05) is 19.4 Å². The summed E-state index contributed by atoms with van der Waals surface area (Å²) in [5.74, 6) is 0. The van der Waals surface area contributed by atoms with Gasteiger partial charge in [-0.15, -0.1) is 0 Å². The fourth-order valence-electron chi connectivity index (χ4n) is 2.03. The Labute approximate surface area is 88.4 Å². The third-order valence-corrected chi connectivity index (χ3v) is 3.30. The molecule has 0 heteroatoms. The van der Waals surface area contributed by atoms with Gasteiger partial charge < -0.3 is 0 Å². The van der Waals surface area contributed by atoms with E-state index < -0.39 is 0 Å². The Morgan fingerprint density at radius 1 is 0.929 bits per heavy atom. The third-order valence-electron chi connectivity index (χ3n) is 3.30.